The summed E-state index contributed by atoms with van der Waals surface area (Å²) in [6.45, 7) is -0.326. The Morgan fingerprint density at radius 1 is 1.15 bits per heavy atom. The van der Waals surface area contributed by atoms with Crippen LogP contribution in [0.2, 0.25) is 0 Å². The quantitative estimate of drug-likeness (QED) is 0.746. The average Bonchev–Trinajstić information content (AvgIpc) is 2.98. The van der Waals surface area contributed by atoms with Crippen LogP contribution in [0.3, 0.4) is 0 Å². The van der Waals surface area contributed by atoms with Crippen molar-refractivity contribution in [2.75, 3.05) is 6.54 Å². The Bertz CT molecular complexity index is 590. The lowest BCUT2D eigenvalue weighted by molar-refractivity contribution is -0.146. The molecule has 0 saturated heterocycles. The molecule has 1 amide bonds. The molecule has 0 radical (unpaired) electrons. The molecule has 104 valence electrons. The molecule has 3 N–H and O–H groups in total. The van der Waals surface area contributed by atoms with Crippen molar-refractivity contribution in [1.82, 2.24) is 9.88 Å². The third-order valence-electron chi connectivity index (χ3n) is 2.77. The highest BCUT2D eigenvalue weighted by atomic mass is 16.4. The minimum Gasteiger partial charge on any atom is -0.479 e. The van der Waals surface area contributed by atoms with Crippen molar-refractivity contribution in [1.29, 1.82) is 0 Å². The monoisotopic (exact) mass is 274 g/mol. The Kier molecular flexibility index (Phi) is 4.17. The van der Waals surface area contributed by atoms with Crippen LogP contribution >= 0.6 is 0 Å². The molecule has 0 bridgehead atoms. The predicted octanol–water partition coefficient (Wildman–Crippen LogP) is 0.653. The molecule has 2 rings (SSSR count). The minimum atomic E-state index is -1.60. The van der Waals surface area contributed by atoms with Crippen molar-refractivity contribution in [2.45, 2.75) is 6.10 Å². The molecule has 1 atom stereocenters. The first kappa shape index (κ1) is 13.8. The number of carbonyl (C=O) groups is 2. The van der Waals surface area contributed by atoms with E-state index in [2.05, 4.69) is 5.32 Å². The molecular formula is C14H14N2O4. The van der Waals surface area contributed by atoms with Crippen LogP contribution in [0.4, 0.5) is 0 Å². The topological polar surface area (TPSA) is 91.6 Å². The first-order chi connectivity index (χ1) is 9.58. The Morgan fingerprint density at radius 3 is 2.30 bits per heavy atom. The van der Waals surface area contributed by atoms with Gasteiger partial charge in [-0.05, 0) is 36.4 Å². The number of aliphatic carboxylic acids is 1. The van der Waals surface area contributed by atoms with E-state index in [4.69, 9.17) is 10.2 Å². The number of aliphatic hydroxyl groups is 1. The van der Waals surface area contributed by atoms with Crippen molar-refractivity contribution in [3.63, 3.8) is 0 Å². The van der Waals surface area contributed by atoms with Gasteiger partial charge >= 0.3 is 5.97 Å². The van der Waals surface area contributed by atoms with Crippen LogP contribution in [0.15, 0.2) is 48.8 Å². The van der Waals surface area contributed by atoms with Crippen LogP contribution in [0, 0.1) is 0 Å². The van der Waals surface area contributed by atoms with Crippen LogP contribution in [-0.4, -0.2) is 39.3 Å². The van der Waals surface area contributed by atoms with Crippen molar-refractivity contribution in [3.8, 4) is 5.69 Å². The highest BCUT2D eigenvalue weighted by Crippen LogP contribution is 2.09. The number of rotatable bonds is 5. The summed E-state index contributed by atoms with van der Waals surface area (Å²) in [6.07, 6.45) is 2.18. The number of carbonyl (C=O) groups excluding carboxylic acids is 1. The SMILES string of the molecule is O=C(NCC(O)C(=O)O)c1ccc(-n2cccc2)cc1. The number of hydrogen-bond acceptors (Lipinski definition) is 3. The number of amides is 1. The Balaban J connectivity index is 1.99. The van der Waals surface area contributed by atoms with Gasteiger partial charge in [-0.25, -0.2) is 4.79 Å². The van der Waals surface area contributed by atoms with E-state index in [9.17, 15) is 9.59 Å². The lowest BCUT2D eigenvalue weighted by Gasteiger charge is -2.08. The standard InChI is InChI=1S/C14H14N2O4/c17-12(14(19)20)9-15-13(18)10-3-5-11(6-4-10)16-7-1-2-8-16/h1-8,12,17H,9H2,(H,15,18)(H,19,20). The Hall–Kier alpha value is -2.60. The maximum atomic E-state index is 11.7. The summed E-state index contributed by atoms with van der Waals surface area (Å²) in [4.78, 5) is 22.2. The van der Waals surface area contributed by atoms with E-state index >= 15 is 0 Å². The van der Waals surface area contributed by atoms with Gasteiger partial charge in [0, 0.05) is 23.6 Å². The second-order valence-corrected chi connectivity index (χ2v) is 4.20. The molecule has 0 aliphatic carbocycles. The van der Waals surface area contributed by atoms with E-state index in [1.54, 1.807) is 24.3 Å². The molecular weight excluding hydrogens is 260 g/mol. The molecule has 1 aromatic heterocycles. The predicted molar refractivity (Wildman–Crippen MR) is 71.7 cm³/mol. The molecule has 2 aromatic rings. The number of aliphatic hydroxyl groups excluding tert-OH is 1. The third kappa shape index (κ3) is 3.24. The molecule has 1 heterocycles. The van der Waals surface area contributed by atoms with Crippen LogP contribution in [0.5, 0.6) is 0 Å². The van der Waals surface area contributed by atoms with Gasteiger partial charge in [-0.3, -0.25) is 4.79 Å². The first-order valence-corrected chi connectivity index (χ1v) is 6.00. The van der Waals surface area contributed by atoms with Gasteiger partial charge in [0.15, 0.2) is 6.10 Å². The fourth-order valence-corrected chi connectivity index (χ4v) is 1.67. The zero-order chi connectivity index (χ0) is 14.5. The lowest BCUT2D eigenvalue weighted by Crippen LogP contribution is -2.36. The lowest BCUT2D eigenvalue weighted by atomic mass is 10.2. The molecule has 0 fully saturated rings. The Morgan fingerprint density at radius 2 is 1.75 bits per heavy atom. The number of hydrogen-bond donors (Lipinski definition) is 3. The van der Waals surface area contributed by atoms with Gasteiger partial charge in [0.1, 0.15) is 0 Å². The molecule has 6 heteroatoms. The largest absolute Gasteiger partial charge is 0.479 e. The van der Waals surface area contributed by atoms with Crippen molar-refractivity contribution >= 4 is 11.9 Å². The maximum absolute atomic E-state index is 11.7. The fraction of sp³-hybridized carbons (Fsp3) is 0.143. The van der Waals surface area contributed by atoms with E-state index in [1.165, 1.54) is 0 Å². The fourth-order valence-electron chi connectivity index (χ4n) is 1.67. The number of nitrogens with zero attached hydrogens (tertiary/aromatic N) is 1. The molecule has 0 saturated carbocycles. The van der Waals surface area contributed by atoms with Gasteiger partial charge < -0.3 is 20.1 Å². The Labute approximate surface area is 115 Å². The third-order valence-corrected chi connectivity index (χ3v) is 2.77. The van der Waals surface area contributed by atoms with E-state index in [1.807, 2.05) is 29.1 Å². The number of carboxylic acids is 1. The summed E-state index contributed by atoms with van der Waals surface area (Å²) in [5.41, 5.74) is 1.32. The molecule has 1 unspecified atom stereocenters. The normalized spacial score (nSPS) is 11.8. The van der Waals surface area contributed by atoms with Gasteiger partial charge in [0.2, 0.25) is 0 Å². The van der Waals surface area contributed by atoms with Gasteiger partial charge in [-0.2, -0.15) is 0 Å². The van der Waals surface area contributed by atoms with Gasteiger partial charge in [-0.1, -0.05) is 0 Å². The van der Waals surface area contributed by atoms with Crippen molar-refractivity contribution in [2.24, 2.45) is 0 Å². The number of nitrogens with one attached hydrogen (secondary N) is 1. The van der Waals surface area contributed by atoms with Crippen molar-refractivity contribution < 1.29 is 19.8 Å². The molecule has 6 nitrogen and oxygen atoms in total. The van der Waals surface area contributed by atoms with Gasteiger partial charge in [0.25, 0.3) is 5.91 Å². The average molecular weight is 274 g/mol. The van der Waals surface area contributed by atoms with Crippen LogP contribution < -0.4 is 5.32 Å². The molecule has 1 aromatic carbocycles. The molecule has 20 heavy (non-hydrogen) atoms. The highest BCUT2D eigenvalue weighted by molar-refractivity contribution is 5.94. The minimum absolute atomic E-state index is 0.326. The summed E-state index contributed by atoms with van der Waals surface area (Å²) in [5.74, 6) is -1.79. The second-order valence-electron chi connectivity index (χ2n) is 4.20. The molecule has 0 spiro atoms. The zero-order valence-corrected chi connectivity index (χ0v) is 10.6. The van der Waals surface area contributed by atoms with Crippen molar-refractivity contribution in [3.05, 3.63) is 54.4 Å². The number of carboxylic acid groups (broad SMARTS) is 1. The molecule has 0 aliphatic heterocycles. The van der Waals surface area contributed by atoms with Crippen LogP contribution in [0.25, 0.3) is 5.69 Å². The van der Waals surface area contributed by atoms with E-state index in [0.29, 0.717) is 5.56 Å². The highest BCUT2D eigenvalue weighted by Gasteiger charge is 2.14. The summed E-state index contributed by atoms with van der Waals surface area (Å²) >= 11 is 0. The smallest absolute Gasteiger partial charge is 0.334 e. The first-order valence-electron chi connectivity index (χ1n) is 6.00. The van der Waals surface area contributed by atoms with E-state index < -0.39 is 18.0 Å². The number of benzene rings is 1. The zero-order valence-electron chi connectivity index (χ0n) is 10.6. The van der Waals surface area contributed by atoms with E-state index in [0.717, 1.165) is 5.69 Å². The maximum Gasteiger partial charge on any atom is 0.334 e. The molecule has 0 aliphatic rings. The summed E-state index contributed by atoms with van der Waals surface area (Å²) in [5, 5.41) is 19.9. The van der Waals surface area contributed by atoms with Crippen LogP contribution in [-0.2, 0) is 4.79 Å². The van der Waals surface area contributed by atoms with E-state index in [-0.39, 0.29) is 6.54 Å². The number of aromatic nitrogens is 1. The summed E-state index contributed by atoms with van der Waals surface area (Å²) in [7, 11) is 0. The van der Waals surface area contributed by atoms with Crippen LogP contribution in [0.1, 0.15) is 10.4 Å². The summed E-state index contributed by atoms with van der Waals surface area (Å²) < 4.78 is 1.90. The van der Waals surface area contributed by atoms with Gasteiger partial charge in [-0.15, -0.1) is 0 Å². The summed E-state index contributed by atoms with van der Waals surface area (Å²) in [6, 6.07) is 10.6. The van der Waals surface area contributed by atoms with Gasteiger partial charge in [0.05, 0.1) is 6.54 Å². The second kappa shape index (κ2) is 6.03.